The van der Waals surface area contributed by atoms with Gasteiger partial charge in [0.1, 0.15) is 23.4 Å². The summed E-state index contributed by atoms with van der Waals surface area (Å²) >= 11 is 0. The Morgan fingerprint density at radius 1 is 1.25 bits per heavy atom. The van der Waals surface area contributed by atoms with Crippen molar-refractivity contribution in [2.45, 2.75) is 37.4 Å². The maximum Gasteiger partial charge on any atom is 0.143 e. The summed E-state index contributed by atoms with van der Waals surface area (Å²) in [7, 11) is 0. The van der Waals surface area contributed by atoms with Gasteiger partial charge in [0.2, 0.25) is 0 Å². The minimum atomic E-state index is 0.226. The summed E-state index contributed by atoms with van der Waals surface area (Å²) in [6, 6.07) is 6.78. The van der Waals surface area contributed by atoms with Gasteiger partial charge in [0.25, 0.3) is 0 Å². The largest absolute Gasteiger partial charge is 0.379 e. The highest BCUT2D eigenvalue weighted by Gasteiger charge is 2.26. The average Bonchev–Trinajstić information content (AvgIpc) is 3.06. The van der Waals surface area contributed by atoms with Crippen LogP contribution in [0.4, 0.5) is 11.6 Å². The van der Waals surface area contributed by atoms with E-state index in [0.717, 1.165) is 48.3 Å². The fourth-order valence-electron chi connectivity index (χ4n) is 3.22. The number of anilines is 2. The number of rotatable bonds is 4. The molecule has 2 fully saturated rings. The fourth-order valence-corrected chi connectivity index (χ4v) is 3.22. The normalized spacial score (nSPS) is 25.9. The molecule has 2 aromatic heterocycles. The first kappa shape index (κ1) is 15.1. The quantitative estimate of drug-likeness (QED) is 0.783. The molecule has 2 aliphatic rings. The summed E-state index contributed by atoms with van der Waals surface area (Å²) in [6.45, 7) is 1.42. The summed E-state index contributed by atoms with van der Waals surface area (Å²) in [5.41, 5.74) is 6.22. The molecule has 2 aromatic rings. The van der Waals surface area contributed by atoms with E-state index in [9.17, 15) is 5.26 Å². The molecule has 24 heavy (non-hydrogen) atoms. The van der Waals surface area contributed by atoms with Crippen LogP contribution in [0.2, 0.25) is 0 Å². The van der Waals surface area contributed by atoms with E-state index in [0.29, 0.717) is 24.4 Å². The highest BCUT2D eigenvalue weighted by atomic mass is 16.5. The van der Waals surface area contributed by atoms with Crippen LogP contribution in [0.3, 0.4) is 0 Å². The number of nitrogens with one attached hydrogen (secondary N) is 2. The smallest absolute Gasteiger partial charge is 0.143 e. The molecule has 0 amide bonds. The zero-order valence-electron chi connectivity index (χ0n) is 13.3. The number of hydrogen-bond donors (Lipinski definition) is 3. The van der Waals surface area contributed by atoms with E-state index in [1.54, 1.807) is 12.3 Å². The molecular formula is C17H20N6O. The van der Waals surface area contributed by atoms with E-state index >= 15 is 0 Å². The minimum Gasteiger partial charge on any atom is -0.379 e. The van der Waals surface area contributed by atoms with Crippen molar-refractivity contribution in [3.05, 3.63) is 24.0 Å². The molecule has 4 N–H and O–H groups in total. The van der Waals surface area contributed by atoms with Gasteiger partial charge in [-0.1, -0.05) is 0 Å². The molecule has 1 atom stereocenters. The third-order valence-electron chi connectivity index (χ3n) is 4.63. The first-order valence-corrected chi connectivity index (χ1v) is 8.28. The summed E-state index contributed by atoms with van der Waals surface area (Å²) in [6.07, 6.45) is 4.66. The van der Waals surface area contributed by atoms with Crippen molar-refractivity contribution < 1.29 is 4.74 Å². The van der Waals surface area contributed by atoms with Gasteiger partial charge < -0.3 is 21.1 Å². The van der Waals surface area contributed by atoms with Gasteiger partial charge in [0.15, 0.2) is 0 Å². The van der Waals surface area contributed by atoms with E-state index in [2.05, 4.69) is 26.7 Å². The van der Waals surface area contributed by atoms with Crippen LogP contribution < -0.4 is 16.4 Å². The summed E-state index contributed by atoms with van der Waals surface area (Å²) in [5, 5.41) is 17.9. The van der Waals surface area contributed by atoms with Crippen LogP contribution in [-0.4, -0.2) is 41.3 Å². The number of fused-ring (bicyclic) bond motifs is 1. The molecule has 1 aliphatic heterocycles. The second kappa shape index (κ2) is 6.23. The second-order valence-electron chi connectivity index (χ2n) is 6.54. The molecule has 0 unspecified atom stereocenters. The summed E-state index contributed by atoms with van der Waals surface area (Å²) in [4.78, 5) is 8.91. The Morgan fingerprint density at radius 3 is 2.83 bits per heavy atom. The Balaban J connectivity index is 1.66. The summed E-state index contributed by atoms with van der Waals surface area (Å²) < 4.78 is 5.41. The maximum atomic E-state index is 9.21. The monoisotopic (exact) mass is 324 g/mol. The van der Waals surface area contributed by atoms with E-state index in [1.165, 1.54) is 0 Å². The van der Waals surface area contributed by atoms with Crippen LogP contribution in [0.5, 0.6) is 0 Å². The Hall–Kier alpha value is -2.43. The Morgan fingerprint density at radius 2 is 2.12 bits per heavy atom. The van der Waals surface area contributed by atoms with Gasteiger partial charge in [-0.15, -0.1) is 0 Å². The van der Waals surface area contributed by atoms with Crippen molar-refractivity contribution in [3.8, 4) is 6.07 Å². The first-order valence-electron chi connectivity index (χ1n) is 8.28. The highest BCUT2D eigenvalue weighted by Crippen LogP contribution is 2.28. The molecule has 0 bridgehead atoms. The first-order chi connectivity index (χ1) is 11.7. The van der Waals surface area contributed by atoms with Gasteiger partial charge >= 0.3 is 0 Å². The maximum absolute atomic E-state index is 9.21. The molecular weight excluding hydrogens is 304 g/mol. The lowest BCUT2D eigenvalue weighted by Crippen LogP contribution is -2.44. The van der Waals surface area contributed by atoms with E-state index < -0.39 is 0 Å². The number of pyridine rings is 2. The van der Waals surface area contributed by atoms with Gasteiger partial charge in [0.05, 0.1) is 12.6 Å². The number of ether oxygens (including phenoxy) is 1. The number of hydrogen-bond acceptors (Lipinski definition) is 7. The highest BCUT2D eigenvalue weighted by molar-refractivity contribution is 5.93. The lowest BCUT2D eigenvalue weighted by molar-refractivity contribution is 0.195. The molecule has 4 rings (SSSR count). The van der Waals surface area contributed by atoms with Crippen molar-refractivity contribution in [3.63, 3.8) is 0 Å². The Labute approximate surface area is 140 Å². The standard InChI is InChI=1S/C17H20N6O/c18-7-14-3-10-8-20-16(21-13-4-11(19)5-13)6-15(10)17(23-14)22-12-1-2-24-9-12/h3,6,8,11-13H,1-2,4-5,9,19H2,(H,20,21)(H,22,23)/t11-,12-,13-/m1/s1. The number of nitrogens with zero attached hydrogens (tertiary/aromatic N) is 3. The molecule has 7 heteroatoms. The topological polar surface area (TPSA) is 109 Å². The van der Waals surface area contributed by atoms with E-state index in [-0.39, 0.29) is 6.04 Å². The number of nitriles is 1. The molecule has 124 valence electrons. The number of nitrogens with two attached hydrogens (primary N) is 1. The lowest BCUT2D eigenvalue weighted by atomic mass is 9.88. The molecule has 7 nitrogen and oxygen atoms in total. The predicted octanol–water partition coefficient (Wildman–Crippen LogP) is 1.60. The van der Waals surface area contributed by atoms with Crippen LogP contribution in [0, 0.1) is 11.3 Å². The van der Waals surface area contributed by atoms with E-state index in [1.807, 2.05) is 6.07 Å². The van der Waals surface area contributed by atoms with Crippen molar-refractivity contribution in [1.82, 2.24) is 9.97 Å². The molecule has 0 spiro atoms. The van der Waals surface area contributed by atoms with Crippen molar-refractivity contribution in [2.75, 3.05) is 23.8 Å². The molecule has 1 saturated heterocycles. The fraction of sp³-hybridized carbons (Fsp3) is 0.471. The van der Waals surface area contributed by atoms with Crippen molar-refractivity contribution in [1.29, 1.82) is 5.26 Å². The molecule has 0 radical (unpaired) electrons. The van der Waals surface area contributed by atoms with Crippen LogP contribution in [0.25, 0.3) is 10.8 Å². The zero-order chi connectivity index (χ0) is 16.5. The van der Waals surface area contributed by atoms with Crippen molar-refractivity contribution in [2.24, 2.45) is 5.73 Å². The van der Waals surface area contributed by atoms with Gasteiger partial charge in [0, 0.05) is 35.7 Å². The molecule has 1 saturated carbocycles. The van der Waals surface area contributed by atoms with Crippen LogP contribution in [0.1, 0.15) is 25.0 Å². The summed E-state index contributed by atoms with van der Waals surface area (Å²) in [5.74, 6) is 1.53. The zero-order valence-corrected chi connectivity index (χ0v) is 13.3. The third-order valence-corrected chi connectivity index (χ3v) is 4.63. The van der Waals surface area contributed by atoms with Crippen molar-refractivity contribution >= 4 is 22.4 Å². The van der Waals surface area contributed by atoms with Gasteiger partial charge in [-0.05, 0) is 31.4 Å². The van der Waals surface area contributed by atoms with Gasteiger partial charge in [-0.25, -0.2) is 9.97 Å². The SMILES string of the molecule is N#Cc1cc2cnc(N[C@H]3C[C@H](N)C3)cc2c(N[C@@H]2CCOC2)n1. The van der Waals surface area contributed by atoms with Crippen LogP contribution >= 0.6 is 0 Å². The number of aromatic nitrogens is 2. The third kappa shape index (κ3) is 2.98. The minimum absolute atomic E-state index is 0.226. The predicted molar refractivity (Wildman–Crippen MR) is 91.7 cm³/mol. The van der Waals surface area contributed by atoms with Crippen LogP contribution in [-0.2, 0) is 4.74 Å². The van der Waals surface area contributed by atoms with E-state index in [4.69, 9.17) is 10.5 Å². The lowest BCUT2D eigenvalue weighted by Gasteiger charge is -2.33. The Kier molecular flexibility index (Phi) is 3.92. The van der Waals surface area contributed by atoms with Gasteiger partial charge in [-0.3, -0.25) is 0 Å². The van der Waals surface area contributed by atoms with Gasteiger partial charge in [-0.2, -0.15) is 5.26 Å². The average molecular weight is 324 g/mol. The molecule has 0 aromatic carbocycles. The molecule has 3 heterocycles. The molecule has 1 aliphatic carbocycles. The van der Waals surface area contributed by atoms with Crippen LogP contribution in [0.15, 0.2) is 18.3 Å². The Bertz CT molecular complexity index is 790. The second-order valence-corrected chi connectivity index (χ2v) is 6.54.